The van der Waals surface area contributed by atoms with Crippen LogP contribution in [-0.4, -0.2) is 7.11 Å². The van der Waals surface area contributed by atoms with Gasteiger partial charge in [-0.2, -0.15) is 13.2 Å². The van der Waals surface area contributed by atoms with Crippen LogP contribution >= 0.6 is 0 Å². The van der Waals surface area contributed by atoms with Gasteiger partial charge < -0.3 is 9.15 Å². The summed E-state index contributed by atoms with van der Waals surface area (Å²) in [7, 11) is 1.28. The van der Waals surface area contributed by atoms with Crippen LogP contribution in [0.2, 0.25) is 0 Å². The largest absolute Gasteiger partial charge is 0.496 e. The third kappa shape index (κ3) is 2.64. The maximum Gasteiger partial charge on any atom is 0.418 e. The van der Waals surface area contributed by atoms with Crippen LogP contribution in [-0.2, 0) is 6.18 Å². The summed E-state index contributed by atoms with van der Waals surface area (Å²) in [5, 5.41) is -0.256. The molecule has 0 bridgehead atoms. The molecule has 3 aromatic rings. The SMILES string of the molecule is COc1cc(C)cc2oc(=O)c(-c3ccccc3)c(C(F)(F)F)c12. The van der Waals surface area contributed by atoms with Crippen molar-refractivity contribution in [2.45, 2.75) is 13.1 Å². The quantitative estimate of drug-likeness (QED) is 0.632. The van der Waals surface area contributed by atoms with Crippen molar-refractivity contribution in [3.05, 3.63) is 64.0 Å². The number of halogens is 3. The first-order valence-electron chi connectivity index (χ1n) is 7.11. The Morgan fingerprint density at radius 3 is 2.33 bits per heavy atom. The van der Waals surface area contributed by atoms with E-state index in [1.807, 2.05) is 0 Å². The standard InChI is InChI=1S/C18H13F3O3/c1-10-8-12(23-2)15-13(9-10)24-17(22)14(16(15)18(19,20)21)11-6-4-3-5-7-11/h3-9H,1-2H3. The van der Waals surface area contributed by atoms with Crippen LogP contribution in [0.3, 0.4) is 0 Å². The maximum atomic E-state index is 13.8. The summed E-state index contributed by atoms with van der Waals surface area (Å²) in [4.78, 5) is 12.3. The number of benzene rings is 2. The summed E-state index contributed by atoms with van der Waals surface area (Å²) >= 11 is 0. The van der Waals surface area contributed by atoms with Gasteiger partial charge in [0.25, 0.3) is 0 Å². The highest BCUT2D eigenvalue weighted by atomic mass is 19.4. The predicted molar refractivity (Wildman–Crippen MR) is 84.2 cm³/mol. The Morgan fingerprint density at radius 2 is 1.75 bits per heavy atom. The van der Waals surface area contributed by atoms with Gasteiger partial charge in [-0.05, 0) is 30.2 Å². The number of hydrogen-bond donors (Lipinski definition) is 0. The number of alkyl halides is 3. The Balaban J connectivity index is 2.56. The predicted octanol–water partition coefficient (Wildman–Crippen LogP) is 4.80. The smallest absolute Gasteiger partial charge is 0.418 e. The highest BCUT2D eigenvalue weighted by molar-refractivity contribution is 5.93. The third-order valence-corrected chi connectivity index (χ3v) is 3.68. The van der Waals surface area contributed by atoms with E-state index < -0.39 is 22.9 Å². The van der Waals surface area contributed by atoms with Gasteiger partial charge in [-0.1, -0.05) is 30.3 Å². The number of methoxy groups -OCH3 is 1. The highest BCUT2D eigenvalue weighted by Crippen LogP contribution is 2.43. The third-order valence-electron chi connectivity index (χ3n) is 3.68. The normalized spacial score (nSPS) is 11.7. The molecule has 0 saturated carbocycles. The average Bonchev–Trinajstić information content (AvgIpc) is 2.52. The van der Waals surface area contributed by atoms with Gasteiger partial charge in [0.2, 0.25) is 0 Å². The molecule has 0 saturated heterocycles. The molecule has 1 heterocycles. The summed E-state index contributed by atoms with van der Waals surface area (Å²) in [6, 6.07) is 10.5. The fourth-order valence-corrected chi connectivity index (χ4v) is 2.74. The van der Waals surface area contributed by atoms with Crippen molar-refractivity contribution in [2.24, 2.45) is 0 Å². The summed E-state index contributed by atoms with van der Waals surface area (Å²) in [5.74, 6) is 0.0123. The van der Waals surface area contributed by atoms with E-state index >= 15 is 0 Å². The lowest BCUT2D eigenvalue weighted by Crippen LogP contribution is -2.16. The first-order chi connectivity index (χ1) is 11.3. The van der Waals surface area contributed by atoms with Crippen LogP contribution in [0.15, 0.2) is 51.7 Å². The van der Waals surface area contributed by atoms with E-state index in [0.717, 1.165) is 0 Å². The Morgan fingerprint density at radius 1 is 1.08 bits per heavy atom. The molecule has 0 spiro atoms. The molecule has 0 fully saturated rings. The van der Waals surface area contributed by atoms with Crippen molar-refractivity contribution in [3.63, 3.8) is 0 Å². The van der Waals surface area contributed by atoms with Gasteiger partial charge in [-0.3, -0.25) is 0 Å². The minimum absolute atomic E-state index is 0.0123. The van der Waals surface area contributed by atoms with Crippen LogP contribution in [0.25, 0.3) is 22.1 Å². The van der Waals surface area contributed by atoms with Gasteiger partial charge in [0, 0.05) is 0 Å². The fraction of sp³-hybridized carbons (Fsp3) is 0.167. The van der Waals surface area contributed by atoms with Crippen LogP contribution in [0.5, 0.6) is 5.75 Å². The second kappa shape index (κ2) is 5.70. The van der Waals surface area contributed by atoms with Crippen molar-refractivity contribution >= 4 is 11.0 Å². The van der Waals surface area contributed by atoms with Crippen molar-refractivity contribution < 1.29 is 22.3 Å². The summed E-state index contributed by atoms with van der Waals surface area (Å²) < 4.78 is 51.8. The lowest BCUT2D eigenvalue weighted by molar-refractivity contribution is -0.136. The molecule has 0 unspecified atom stereocenters. The van der Waals surface area contributed by atoms with Crippen LogP contribution < -0.4 is 10.4 Å². The lowest BCUT2D eigenvalue weighted by atomic mass is 9.97. The number of ether oxygens (including phenoxy) is 1. The lowest BCUT2D eigenvalue weighted by Gasteiger charge is -2.17. The number of fused-ring (bicyclic) bond motifs is 1. The number of rotatable bonds is 2. The van der Waals surface area contributed by atoms with Gasteiger partial charge in [-0.15, -0.1) is 0 Å². The van der Waals surface area contributed by atoms with E-state index in [2.05, 4.69) is 0 Å². The fourth-order valence-electron chi connectivity index (χ4n) is 2.74. The summed E-state index contributed by atoms with van der Waals surface area (Å²) in [5.41, 5.74) is -1.97. The summed E-state index contributed by atoms with van der Waals surface area (Å²) in [6.45, 7) is 1.68. The van der Waals surface area contributed by atoms with Gasteiger partial charge in [0.15, 0.2) is 0 Å². The molecule has 0 radical (unpaired) electrons. The van der Waals surface area contributed by atoms with E-state index in [4.69, 9.17) is 9.15 Å². The first kappa shape index (κ1) is 16.1. The van der Waals surface area contributed by atoms with E-state index in [1.54, 1.807) is 25.1 Å². The molecule has 0 atom stereocenters. The number of hydrogen-bond acceptors (Lipinski definition) is 3. The monoisotopic (exact) mass is 334 g/mol. The molecular weight excluding hydrogens is 321 g/mol. The Labute approximate surface area is 135 Å². The Hall–Kier alpha value is -2.76. The van der Waals surface area contributed by atoms with Crippen molar-refractivity contribution in [3.8, 4) is 16.9 Å². The second-order valence-electron chi connectivity index (χ2n) is 5.34. The molecule has 3 rings (SSSR count). The molecule has 0 aliphatic carbocycles. The molecule has 0 N–H and O–H groups in total. The van der Waals surface area contributed by atoms with Gasteiger partial charge in [-0.25, -0.2) is 4.79 Å². The van der Waals surface area contributed by atoms with E-state index in [0.29, 0.717) is 5.56 Å². The van der Waals surface area contributed by atoms with Crippen molar-refractivity contribution in [1.29, 1.82) is 0 Å². The van der Waals surface area contributed by atoms with Gasteiger partial charge in [0.1, 0.15) is 11.3 Å². The molecule has 2 aromatic carbocycles. The molecule has 0 amide bonds. The van der Waals surface area contributed by atoms with Crippen LogP contribution in [0.4, 0.5) is 13.2 Å². The molecule has 124 valence electrons. The van der Waals surface area contributed by atoms with Gasteiger partial charge in [0.05, 0.1) is 23.6 Å². The van der Waals surface area contributed by atoms with Crippen molar-refractivity contribution in [1.82, 2.24) is 0 Å². The molecule has 1 aromatic heterocycles. The van der Waals surface area contributed by atoms with E-state index in [9.17, 15) is 18.0 Å². The first-order valence-corrected chi connectivity index (χ1v) is 7.11. The highest BCUT2D eigenvalue weighted by Gasteiger charge is 2.39. The Kier molecular flexibility index (Phi) is 3.83. The maximum absolute atomic E-state index is 13.8. The van der Waals surface area contributed by atoms with Crippen molar-refractivity contribution in [2.75, 3.05) is 7.11 Å². The molecule has 6 heteroatoms. The minimum Gasteiger partial charge on any atom is -0.496 e. The van der Waals surface area contributed by atoms with Crippen LogP contribution in [0, 0.1) is 6.92 Å². The average molecular weight is 334 g/mol. The summed E-state index contributed by atoms with van der Waals surface area (Å²) in [6.07, 6.45) is -4.75. The molecular formula is C18H13F3O3. The molecule has 0 aliphatic heterocycles. The van der Waals surface area contributed by atoms with E-state index in [-0.39, 0.29) is 22.3 Å². The molecule has 24 heavy (non-hydrogen) atoms. The zero-order valence-electron chi connectivity index (χ0n) is 12.9. The second-order valence-corrected chi connectivity index (χ2v) is 5.34. The zero-order chi connectivity index (χ0) is 17.5. The van der Waals surface area contributed by atoms with Gasteiger partial charge >= 0.3 is 11.8 Å². The zero-order valence-corrected chi connectivity index (χ0v) is 12.9. The topological polar surface area (TPSA) is 39.4 Å². The molecule has 0 aliphatic rings. The minimum atomic E-state index is -4.75. The van der Waals surface area contributed by atoms with E-state index in [1.165, 1.54) is 31.4 Å². The number of aryl methyl sites for hydroxylation is 1. The van der Waals surface area contributed by atoms with Crippen LogP contribution in [0.1, 0.15) is 11.1 Å². The Bertz CT molecular complexity index is 957. The molecule has 3 nitrogen and oxygen atoms in total.